The number of aromatic nitrogens is 3. The molecule has 6 nitrogen and oxygen atoms in total. The second-order valence-corrected chi connectivity index (χ2v) is 6.03. The zero-order valence-corrected chi connectivity index (χ0v) is 14.9. The molecule has 24 heavy (non-hydrogen) atoms. The van der Waals surface area contributed by atoms with Crippen molar-refractivity contribution < 1.29 is 0 Å². The maximum absolute atomic E-state index is 9.12. The highest BCUT2D eigenvalue weighted by molar-refractivity contribution is 5.85. The third kappa shape index (κ3) is 3.86. The van der Waals surface area contributed by atoms with Gasteiger partial charge in [0.05, 0.1) is 0 Å². The Bertz CT molecular complexity index is 706. The molecule has 1 atom stereocenters. The second-order valence-electron chi connectivity index (χ2n) is 6.03. The number of nitrogens with zero attached hydrogens (tertiary/aromatic N) is 5. The molecule has 0 amide bonds. The quantitative estimate of drug-likeness (QED) is 0.918. The number of hydrogen-bond acceptors (Lipinski definition) is 5. The van der Waals surface area contributed by atoms with Crippen LogP contribution in [0.15, 0.2) is 24.5 Å². The van der Waals surface area contributed by atoms with Gasteiger partial charge >= 0.3 is 0 Å². The highest BCUT2D eigenvalue weighted by atomic mass is 35.5. The van der Waals surface area contributed by atoms with Crippen LogP contribution in [-0.2, 0) is 13.6 Å². The SMILES string of the molecule is Cc1c(CNC2CCCN(c3ncccn3)C2)cc(C#N)n1C.Cl. The molecular formula is C17H23ClN6. The van der Waals surface area contributed by atoms with Gasteiger partial charge in [-0.3, -0.25) is 0 Å². The smallest absolute Gasteiger partial charge is 0.225 e. The van der Waals surface area contributed by atoms with Crippen LogP contribution in [0.4, 0.5) is 5.95 Å². The topological polar surface area (TPSA) is 69.8 Å². The van der Waals surface area contributed by atoms with Crippen molar-refractivity contribution in [3.05, 3.63) is 41.5 Å². The van der Waals surface area contributed by atoms with Crippen LogP contribution in [0.2, 0.25) is 0 Å². The Hall–Kier alpha value is -2.10. The van der Waals surface area contributed by atoms with Gasteiger partial charge in [-0.15, -0.1) is 12.4 Å². The minimum atomic E-state index is 0. The number of halogens is 1. The minimum absolute atomic E-state index is 0. The van der Waals surface area contributed by atoms with E-state index >= 15 is 0 Å². The van der Waals surface area contributed by atoms with Gasteiger partial charge in [0.25, 0.3) is 0 Å². The van der Waals surface area contributed by atoms with Crippen molar-refractivity contribution in [2.75, 3.05) is 18.0 Å². The molecule has 1 aliphatic heterocycles. The van der Waals surface area contributed by atoms with Gasteiger partial charge in [0.2, 0.25) is 5.95 Å². The molecule has 1 fully saturated rings. The first-order chi connectivity index (χ1) is 11.2. The van der Waals surface area contributed by atoms with Crippen LogP contribution in [0, 0.1) is 18.3 Å². The van der Waals surface area contributed by atoms with Crippen molar-refractivity contribution in [3.8, 4) is 6.07 Å². The van der Waals surface area contributed by atoms with Crippen molar-refractivity contribution in [1.29, 1.82) is 5.26 Å². The summed E-state index contributed by atoms with van der Waals surface area (Å²) in [6.07, 6.45) is 5.86. The number of anilines is 1. The van der Waals surface area contributed by atoms with Crippen LogP contribution in [0.5, 0.6) is 0 Å². The van der Waals surface area contributed by atoms with Crippen LogP contribution in [0.25, 0.3) is 0 Å². The van der Waals surface area contributed by atoms with Crippen molar-refractivity contribution in [2.24, 2.45) is 7.05 Å². The molecule has 1 unspecified atom stereocenters. The molecule has 0 aliphatic carbocycles. The molecule has 1 N–H and O–H groups in total. The maximum Gasteiger partial charge on any atom is 0.225 e. The van der Waals surface area contributed by atoms with E-state index in [4.69, 9.17) is 5.26 Å². The van der Waals surface area contributed by atoms with Gasteiger partial charge in [-0.25, -0.2) is 9.97 Å². The Kier molecular flexibility index (Phi) is 6.18. The van der Waals surface area contributed by atoms with E-state index < -0.39 is 0 Å². The second kappa shape index (κ2) is 8.13. The number of piperidine rings is 1. The van der Waals surface area contributed by atoms with Gasteiger partial charge in [-0.2, -0.15) is 5.26 Å². The summed E-state index contributed by atoms with van der Waals surface area (Å²) in [5.74, 6) is 0.807. The summed E-state index contributed by atoms with van der Waals surface area (Å²) in [6.45, 7) is 4.77. The maximum atomic E-state index is 9.12. The molecule has 7 heteroatoms. The fourth-order valence-corrected chi connectivity index (χ4v) is 3.08. The van der Waals surface area contributed by atoms with Crippen molar-refractivity contribution >= 4 is 18.4 Å². The molecule has 3 heterocycles. The summed E-state index contributed by atoms with van der Waals surface area (Å²) < 4.78 is 1.95. The van der Waals surface area contributed by atoms with E-state index in [1.54, 1.807) is 12.4 Å². The van der Waals surface area contributed by atoms with Crippen LogP contribution >= 0.6 is 12.4 Å². The largest absolute Gasteiger partial charge is 0.340 e. The van der Waals surface area contributed by atoms with E-state index in [0.717, 1.165) is 44.1 Å². The average Bonchev–Trinajstić information content (AvgIpc) is 2.88. The number of nitriles is 1. The number of rotatable bonds is 4. The summed E-state index contributed by atoms with van der Waals surface area (Å²) in [4.78, 5) is 10.9. The third-order valence-corrected chi connectivity index (χ3v) is 4.59. The first-order valence-electron chi connectivity index (χ1n) is 7.99. The molecule has 0 saturated carbocycles. The van der Waals surface area contributed by atoms with Gasteiger partial charge in [0, 0.05) is 50.8 Å². The lowest BCUT2D eigenvalue weighted by molar-refractivity contribution is 0.418. The van der Waals surface area contributed by atoms with E-state index in [1.807, 2.05) is 23.7 Å². The fourth-order valence-electron chi connectivity index (χ4n) is 3.08. The molecule has 0 aromatic carbocycles. The Balaban J connectivity index is 0.00000208. The first-order valence-corrected chi connectivity index (χ1v) is 7.99. The highest BCUT2D eigenvalue weighted by Crippen LogP contribution is 2.17. The molecule has 2 aromatic rings. The summed E-state index contributed by atoms with van der Waals surface area (Å²) in [5, 5.41) is 12.7. The van der Waals surface area contributed by atoms with Gasteiger partial charge in [-0.1, -0.05) is 0 Å². The summed E-state index contributed by atoms with van der Waals surface area (Å²) in [5.41, 5.74) is 3.05. The van der Waals surface area contributed by atoms with Gasteiger partial charge in [-0.05, 0) is 37.5 Å². The zero-order chi connectivity index (χ0) is 16.2. The standard InChI is InChI=1S/C17H22N6.ClH/c1-13-14(9-16(10-18)22(13)2)11-21-15-5-3-8-23(12-15)17-19-6-4-7-20-17;/h4,6-7,9,15,21H,3,5,8,11-12H2,1-2H3;1H. The highest BCUT2D eigenvalue weighted by Gasteiger charge is 2.21. The minimum Gasteiger partial charge on any atom is -0.340 e. The van der Waals surface area contributed by atoms with Crippen molar-refractivity contribution in [3.63, 3.8) is 0 Å². The molecule has 0 spiro atoms. The Morgan fingerprint density at radius 3 is 2.79 bits per heavy atom. The average molecular weight is 347 g/mol. The van der Waals surface area contributed by atoms with Crippen LogP contribution in [0.3, 0.4) is 0 Å². The molecular weight excluding hydrogens is 324 g/mol. The van der Waals surface area contributed by atoms with Gasteiger partial charge in [0.15, 0.2) is 0 Å². The Morgan fingerprint density at radius 1 is 1.38 bits per heavy atom. The monoisotopic (exact) mass is 346 g/mol. The molecule has 0 bridgehead atoms. The Morgan fingerprint density at radius 2 is 2.12 bits per heavy atom. The van der Waals surface area contributed by atoms with Gasteiger partial charge in [0.1, 0.15) is 11.8 Å². The zero-order valence-electron chi connectivity index (χ0n) is 14.1. The predicted octanol–water partition coefficient (Wildman–Crippen LogP) is 2.18. The van der Waals surface area contributed by atoms with Crippen molar-refractivity contribution in [1.82, 2.24) is 19.9 Å². The lowest BCUT2D eigenvalue weighted by atomic mass is 10.1. The third-order valence-electron chi connectivity index (χ3n) is 4.59. The van der Waals surface area contributed by atoms with Crippen LogP contribution < -0.4 is 10.2 Å². The van der Waals surface area contributed by atoms with Gasteiger partial charge < -0.3 is 14.8 Å². The molecule has 3 rings (SSSR count). The van der Waals surface area contributed by atoms with E-state index in [-0.39, 0.29) is 12.4 Å². The fraction of sp³-hybridized carbons (Fsp3) is 0.471. The van der Waals surface area contributed by atoms with Crippen LogP contribution in [0.1, 0.15) is 29.8 Å². The number of nitrogens with one attached hydrogen (secondary N) is 1. The molecule has 128 valence electrons. The molecule has 2 aromatic heterocycles. The lowest BCUT2D eigenvalue weighted by Gasteiger charge is -2.33. The Labute approximate surface area is 148 Å². The van der Waals surface area contributed by atoms with Crippen molar-refractivity contribution in [2.45, 2.75) is 32.4 Å². The van der Waals surface area contributed by atoms with E-state index in [2.05, 4.69) is 33.2 Å². The van der Waals surface area contributed by atoms with E-state index in [0.29, 0.717) is 11.7 Å². The number of hydrogen-bond donors (Lipinski definition) is 1. The van der Waals surface area contributed by atoms with Crippen LogP contribution in [-0.4, -0.2) is 33.7 Å². The normalized spacial score (nSPS) is 17.2. The molecule has 1 aliphatic rings. The molecule has 1 saturated heterocycles. The van der Waals surface area contributed by atoms with E-state index in [1.165, 1.54) is 5.56 Å². The summed E-state index contributed by atoms with van der Waals surface area (Å²) >= 11 is 0. The summed E-state index contributed by atoms with van der Waals surface area (Å²) in [7, 11) is 1.94. The predicted molar refractivity (Wildman–Crippen MR) is 96.2 cm³/mol. The summed E-state index contributed by atoms with van der Waals surface area (Å²) in [6, 6.07) is 6.46. The first kappa shape index (κ1) is 18.2. The molecule has 0 radical (unpaired) electrons. The lowest BCUT2D eigenvalue weighted by Crippen LogP contribution is -2.46. The van der Waals surface area contributed by atoms with E-state index in [9.17, 15) is 0 Å².